The number of carbonyl (C=O) groups excluding carboxylic acids is 1. The highest BCUT2D eigenvalue weighted by Crippen LogP contribution is 2.41. The summed E-state index contributed by atoms with van der Waals surface area (Å²) >= 11 is 0. The quantitative estimate of drug-likeness (QED) is 0.316. The Morgan fingerprint density at radius 1 is 1.06 bits per heavy atom. The number of benzene rings is 2. The predicted molar refractivity (Wildman–Crippen MR) is 107 cm³/mol. The lowest BCUT2D eigenvalue weighted by atomic mass is 9.92. The van der Waals surface area contributed by atoms with E-state index in [1.54, 1.807) is 13.0 Å². The normalized spacial score (nSPS) is 18.2. The van der Waals surface area contributed by atoms with Crippen molar-refractivity contribution in [1.29, 1.82) is 0 Å². The number of non-ortho nitro benzene ring substituents is 2. The van der Waals surface area contributed by atoms with Crippen LogP contribution in [0.5, 0.6) is 0 Å². The first-order chi connectivity index (χ1) is 14.8. The SMILES string of the molecule is COC(=O)C1=C(C)N[C@H](c2cccc([N+](=O)[O-])c2)N(N=O)[C@@H]1c1cccc([N+](=O)[O-])c1. The maximum absolute atomic E-state index is 12.5. The van der Waals surface area contributed by atoms with Crippen molar-refractivity contribution in [2.75, 3.05) is 7.11 Å². The van der Waals surface area contributed by atoms with E-state index in [9.17, 15) is 29.9 Å². The number of allylic oxidation sites excluding steroid dienone is 1. The van der Waals surface area contributed by atoms with Crippen LogP contribution < -0.4 is 5.32 Å². The van der Waals surface area contributed by atoms with Crippen LogP contribution in [-0.4, -0.2) is 27.9 Å². The molecule has 0 radical (unpaired) electrons. The molecular weight excluding hydrogens is 410 g/mol. The van der Waals surface area contributed by atoms with Crippen LogP contribution in [0, 0.1) is 25.1 Å². The van der Waals surface area contributed by atoms with Crippen LogP contribution in [0.2, 0.25) is 0 Å². The Morgan fingerprint density at radius 2 is 1.61 bits per heavy atom. The van der Waals surface area contributed by atoms with Crippen molar-refractivity contribution < 1.29 is 19.4 Å². The van der Waals surface area contributed by atoms with Gasteiger partial charge >= 0.3 is 5.97 Å². The van der Waals surface area contributed by atoms with E-state index in [-0.39, 0.29) is 22.5 Å². The first-order valence-electron chi connectivity index (χ1n) is 8.94. The van der Waals surface area contributed by atoms with Gasteiger partial charge in [-0.05, 0) is 12.5 Å². The van der Waals surface area contributed by atoms with E-state index in [0.717, 1.165) is 5.01 Å². The number of nitroso groups, excluding NO2 is 1. The minimum atomic E-state index is -1.13. The monoisotopic (exact) mass is 427 g/mol. The molecule has 0 saturated heterocycles. The molecule has 0 amide bonds. The highest BCUT2D eigenvalue weighted by Gasteiger charge is 2.41. The van der Waals surface area contributed by atoms with Crippen molar-refractivity contribution in [3.63, 3.8) is 0 Å². The van der Waals surface area contributed by atoms with Crippen LogP contribution >= 0.6 is 0 Å². The Bertz CT molecular complexity index is 1100. The van der Waals surface area contributed by atoms with Gasteiger partial charge in [-0.15, -0.1) is 4.91 Å². The summed E-state index contributed by atoms with van der Waals surface area (Å²) in [7, 11) is 1.17. The lowest BCUT2D eigenvalue weighted by Crippen LogP contribution is -2.44. The fourth-order valence-corrected chi connectivity index (χ4v) is 3.48. The minimum absolute atomic E-state index is 0.0317. The van der Waals surface area contributed by atoms with Gasteiger partial charge < -0.3 is 10.1 Å². The molecule has 0 bridgehead atoms. The molecule has 0 fully saturated rings. The number of nitro groups is 2. The maximum atomic E-state index is 12.5. The zero-order valence-corrected chi connectivity index (χ0v) is 16.4. The van der Waals surface area contributed by atoms with Crippen molar-refractivity contribution in [3.05, 3.63) is 96.1 Å². The van der Waals surface area contributed by atoms with Crippen LogP contribution in [-0.2, 0) is 9.53 Å². The molecule has 1 aliphatic heterocycles. The van der Waals surface area contributed by atoms with Gasteiger partial charge in [-0.1, -0.05) is 24.3 Å². The van der Waals surface area contributed by atoms with Crippen molar-refractivity contribution in [2.45, 2.75) is 19.1 Å². The summed E-state index contributed by atoms with van der Waals surface area (Å²) in [6.45, 7) is 1.57. The molecule has 2 aromatic rings. The molecule has 1 heterocycles. The van der Waals surface area contributed by atoms with Gasteiger partial charge in [0.1, 0.15) is 12.2 Å². The smallest absolute Gasteiger partial charge is 0.338 e. The average molecular weight is 427 g/mol. The second-order valence-corrected chi connectivity index (χ2v) is 6.65. The van der Waals surface area contributed by atoms with Crippen molar-refractivity contribution in [3.8, 4) is 0 Å². The number of nitro benzene ring substituents is 2. The van der Waals surface area contributed by atoms with Gasteiger partial charge in [0.05, 0.1) is 27.8 Å². The number of hydrogen-bond donors (Lipinski definition) is 1. The Kier molecular flexibility index (Phi) is 5.90. The van der Waals surface area contributed by atoms with E-state index in [4.69, 9.17) is 4.74 Å². The largest absolute Gasteiger partial charge is 0.466 e. The highest BCUT2D eigenvalue weighted by atomic mass is 16.6. The summed E-state index contributed by atoms with van der Waals surface area (Å²) in [5.74, 6) is -0.757. The standard InChI is InChI=1S/C19H17N5O7/c1-11-16(19(25)31-2)17(12-5-3-7-14(9-12)23(27)28)22(21-26)18(20-11)13-6-4-8-15(10-13)24(29)30/h3-10,17-18,20H,1-2H3/t17-,18+/m1/s1. The van der Waals surface area contributed by atoms with E-state index in [1.807, 2.05) is 0 Å². The van der Waals surface area contributed by atoms with Gasteiger partial charge in [0.15, 0.2) is 0 Å². The van der Waals surface area contributed by atoms with Gasteiger partial charge in [0.25, 0.3) is 11.4 Å². The zero-order valence-electron chi connectivity index (χ0n) is 16.4. The number of nitrogens with one attached hydrogen (secondary N) is 1. The van der Waals surface area contributed by atoms with Gasteiger partial charge in [-0.2, -0.15) is 0 Å². The van der Waals surface area contributed by atoms with Gasteiger partial charge in [0, 0.05) is 35.5 Å². The first-order valence-corrected chi connectivity index (χ1v) is 8.94. The number of esters is 1. The second kappa shape index (κ2) is 8.57. The molecule has 31 heavy (non-hydrogen) atoms. The molecule has 12 nitrogen and oxygen atoms in total. The molecule has 1 N–H and O–H groups in total. The Morgan fingerprint density at radius 3 is 2.13 bits per heavy atom. The zero-order chi connectivity index (χ0) is 22.7. The third kappa shape index (κ3) is 4.03. The van der Waals surface area contributed by atoms with Gasteiger partial charge in [-0.3, -0.25) is 20.2 Å². The maximum Gasteiger partial charge on any atom is 0.338 e. The van der Waals surface area contributed by atoms with Crippen LogP contribution in [0.25, 0.3) is 0 Å². The number of hydrogen-bond acceptors (Lipinski definition) is 9. The minimum Gasteiger partial charge on any atom is -0.466 e. The van der Waals surface area contributed by atoms with Crippen molar-refractivity contribution >= 4 is 17.3 Å². The summed E-state index contributed by atoms with van der Waals surface area (Å²) in [4.78, 5) is 45.7. The number of carbonyl (C=O) groups is 1. The fraction of sp³-hybridized carbons (Fsp3) is 0.211. The third-order valence-corrected chi connectivity index (χ3v) is 4.85. The van der Waals surface area contributed by atoms with Crippen molar-refractivity contribution in [2.24, 2.45) is 5.29 Å². The lowest BCUT2D eigenvalue weighted by molar-refractivity contribution is -0.385. The van der Waals surface area contributed by atoms with Crippen LogP contribution in [0.3, 0.4) is 0 Å². The number of nitrogens with zero attached hydrogens (tertiary/aromatic N) is 4. The van der Waals surface area contributed by atoms with Gasteiger partial charge in [0.2, 0.25) is 0 Å². The Hall–Kier alpha value is -4.35. The molecule has 0 aliphatic carbocycles. The highest BCUT2D eigenvalue weighted by molar-refractivity contribution is 5.91. The number of rotatable bonds is 6. The first kappa shape index (κ1) is 21.4. The van der Waals surface area contributed by atoms with E-state index in [1.165, 1.54) is 49.6 Å². The van der Waals surface area contributed by atoms with Crippen molar-refractivity contribution in [1.82, 2.24) is 10.3 Å². The Balaban J connectivity index is 2.20. The molecule has 12 heteroatoms. The topological polar surface area (TPSA) is 157 Å². The molecule has 1 aliphatic rings. The fourth-order valence-electron chi connectivity index (χ4n) is 3.48. The molecule has 0 spiro atoms. The lowest BCUT2D eigenvalue weighted by Gasteiger charge is -2.40. The second-order valence-electron chi connectivity index (χ2n) is 6.65. The molecular formula is C19H17N5O7. The van der Waals surface area contributed by atoms with E-state index < -0.39 is 28.0 Å². The van der Waals surface area contributed by atoms with E-state index >= 15 is 0 Å². The molecule has 0 saturated carbocycles. The summed E-state index contributed by atoms with van der Waals surface area (Å²) in [5, 5.41) is 29.4. The summed E-state index contributed by atoms with van der Waals surface area (Å²) in [6, 6.07) is 9.90. The molecule has 0 unspecified atom stereocenters. The Labute approximate surface area is 175 Å². The van der Waals surface area contributed by atoms with E-state index in [0.29, 0.717) is 11.3 Å². The third-order valence-electron chi connectivity index (χ3n) is 4.85. The van der Waals surface area contributed by atoms with Crippen LogP contribution in [0.1, 0.15) is 30.3 Å². The predicted octanol–water partition coefficient (Wildman–Crippen LogP) is 3.28. The molecule has 2 aromatic carbocycles. The molecule has 3 rings (SSSR count). The van der Waals surface area contributed by atoms with Crippen LogP contribution in [0.15, 0.2) is 65.1 Å². The summed E-state index contributed by atoms with van der Waals surface area (Å²) in [6.07, 6.45) is -0.977. The van der Waals surface area contributed by atoms with Gasteiger partial charge in [-0.25, -0.2) is 9.80 Å². The number of methoxy groups -OCH3 is 1. The summed E-state index contributed by atoms with van der Waals surface area (Å²) in [5.41, 5.74) is 0.523. The van der Waals surface area contributed by atoms with Crippen LogP contribution in [0.4, 0.5) is 11.4 Å². The molecule has 2 atom stereocenters. The molecule has 0 aromatic heterocycles. The number of ether oxygens (including phenoxy) is 1. The molecule has 160 valence electrons. The van der Waals surface area contributed by atoms with E-state index in [2.05, 4.69) is 10.6 Å². The average Bonchev–Trinajstić information content (AvgIpc) is 2.77. The summed E-state index contributed by atoms with van der Waals surface area (Å²) < 4.78 is 4.84.